The van der Waals surface area contributed by atoms with Gasteiger partial charge in [0.1, 0.15) is 6.61 Å². The van der Waals surface area contributed by atoms with E-state index in [-0.39, 0.29) is 17.7 Å². The number of amides is 2. The number of methoxy groups -OCH3 is 1. The van der Waals surface area contributed by atoms with Crippen molar-refractivity contribution in [3.8, 4) is 0 Å². The van der Waals surface area contributed by atoms with E-state index in [1.54, 1.807) is 12.0 Å². The molecule has 2 N–H and O–H groups in total. The normalized spacial score (nSPS) is 23.7. The molecule has 1 atom stereocenters. The summed E-state index contributed by atoms with van der Waals surface area (Å²) < 4.78 is 4.96. The van der Waals surface area contributed by atoms with Crippen molar-refractivity contribution < 1.29 is 19.4 Å². The maximum atomic E-state index is 12.2. The predicted molar refractivity (Wildman–Crippen MR) is 85.9 cm³/mol. The van der Waals surface area contributed by atoms with Gasteiger partial charge in [0.15, 0.2) is 0 Å². The van der Waals surface area contributed by atoms with Crippen LogP contribution in [0.4, 0.5) is 0 Å². The summed E-state index contributed by atoms with van der Waals surface area (Å²) in [4.78, 5) is 27.9. The Morgan fingerprint density at radius 3 is 2.61 bits per heavy atom. The van der Waals surface area contributed by atoms with Gasteiger partial charge in [-0.15, -0.1) is 0 Å². The lowest BCUT2D eigenvalue weighted by molar-refractivity contribution is -0.135. The SMILES string of the molecule is COCCNC(=O)C1CCCN(C2CCN(C(=O)CO)CC2)C1. The first-order chi connectivity index (χ1) is 11.2. The van der Waals surface area contributed by atoms with Crippen molar-refractivity contribution in [1.82, 2.24) is 15.1 Å². The molecule has 7 heteroatoms. The maximum Gasteiger partial charge on any atom is 0.248 e. The molecule has 2 heterocycles. The van der Waals surface area contributed by atoms with E-state index in [2.05, 4.69) is 10.2 Å². The molecular weight excluding hydrogens is 298 g/mol. The molecule has 132 valence electrons. The third-order valence-corrected chi connectivity index (χ3v) is 4.90. The number of aliphatic hydroxyl groups excluding tert-OH is 1. The highest BCUT2D eigenvalue weighted by atomic mass is 16.5. The van der Waals surface area contributed by atoms with Crippen LogP contribution in [-0.2, 0) is 14.3 Å². The molecule has 0 aromatic carbocycles. The maximum absolute atomic E-state index is 12.2. The number of hydrogen-bond donors (Lipinski definition) is 2. The van der Waals surface area contributed by atoms with Crippen LogP contribution in [0.3, 0.4) is 0 Å². The van der Waals surface area contributed by atoms with Crippen molar-refractivity contribution in [3.05, 3.63) is 0 Å². The fraction of sp³-hybridized carbons (Fsp3) is 0.875. The molecule has 0 radical (unpaired) electrons. The fourth-order valence-electron chi connectivity index (χ4n) is 3.55. The van der Waals surface area contributed by atoms with E-state index in [1.165, 1.54) is 0 Å². The minimum absolute atomic E-state index is 0.0534. The Bertz CT molecular complexity index is 397. The Balaban J connectivity index is 1.78. The lowest BCUT2D eigenvalue weighted by Crippen LogP contribution is -2.52. The third-order valence-electron chi connectivity index (χ3n) is 4.90. The van der Waals surface area contributed by atoms with Crippen LogP contribution in [0.2, 0.25) is 0 Å². The number of nitrogens with one attached hydrogen (secondary N) is 1. The van der Waals surface area contributed by atoms with Crippen LogP contribution >= 0.6 is 0 Å². The summed E-state index contributed by atoms with van der Waals surface area (Å²) in [5.41, 5.74) is 0. The Hall–Kier alpha value is -1.18. The van der Waals surface area contributed by atoms with Crippen molar-refractivity contribution in [1.29, 1.82) is 0 Å². The van der Waals surface area contributed by atoms with E-state index >= 15 is 0 Å². The van der Waals surface area contributed by atoms with E-state index in [4.69, 9.17) is 9.84 Å². The Labute approximate surface area is 138 Å². The molecule has 2 rings (SSSR count). The molecule has 7 nitrogen and oxygen atoms in total. The van der Waals surface area contributed by atoms with Crippen molar-refractivity contribution in [3.63, 3.8) is 0 Å². The highest BCUT2D eigenvalue weighted by Gasteiger charge is 2.32. The second-order valence-electron chi connectivity index (χ2n) is 6.39. The van der Waals surface area contributed by atoms with Crippen molar-refractivity contribution in [2.75, 3.05) is 53.0 Å². The largest absolute Gasteiger partial charge is 0.387 e. The van der Waals surface area contributed by atoms with Crippen LogP contribution < -0.4 is 5.32 Å². The molecule has 2 aliphatic rings. The summed E-state index contributed by atoms with van der Waals surface area (Å²) in [6, 6.07) is 0.437. The summed E-state index contributed by atoms with van der Waals surface area (Å²) in [7, 11) is 1.63. The Morgan fingerprint density at radius 2 is 1.96 bits per heavy atom. The number of carbonyl (C=O) groups is 2. The van der Waals surface area contributed by atoms with Gasteiger partial charge < -0.3 is 20.1 Å². The predicted octanol–water partition coefficient (Wildman–Crippen LogP) is -0.556. The number of piperidine rings is 2. The zero-order valence-corrected chi connectivity index (χ0v) is 14.0. The molecule has 2 amide bonds. The van der Waals surface area contributed by atoms with Gasteiger partial charge in [-0.2, -0.15) is 0 Å². The minimum Gasteiger partial charge on any atom is -0.387 e. The minimum atomic E-state index is -0.405. The molecule has 0 aromatic heterocycles. The molecule has 0 aliphatic carbocycles. The second kappa shape index (κ2) is 9.20. The molecular formula is C16H29N3O4. The number of likely N-dealkylation sites (tertiary alicyclic amines) is 2. The first kappa shape index (κ1) is 18.2. The summed E-state index contributed by atoms with van der Waals surface area (Å²) in [5.74, 6) is -0.00477. The van der Waals surface area contributed by atoms with E-state index in [0.717, 1.165) is 38.8 Å². The van der Waals surface area contributed by atoms with Gasteiger partial charge in [0.25, 0.3) is 0 Å². The molecule has 0 bridgehead atoms. The molecule has 1 unspecified atom stereocenters. The third kappa shape index (κ3) is 5.16. The average Bonchev–Trinajstić information content (AvgIpc) is 2.61. The van der Waals surface area contributed by atoms with Crippen LogP contribution in [0.5, 0.6) is 0 Å². The van der Waals surface area contributed by atoms with Gasteiger partial charge in [-0.1, -0.05) is 0 Å². The molecule has 0 aromatic rings. The lowest BCUT2D eigenvalue weighted by atomic mass is 9.93. The standard InChI is InChI=1S/C16H29N3O4/c1-23-10-6-17-16(22)13-3-2-7-19(11-13)14-4-8-18(9-5-14)15(21)12-20/h13-14,20H,2-12H2,1H3,(H,17,22). The molecule has 2 fully saturated rings. The smallest absolute Gasteiger partial charge is 0.248 e. The summed E-state index contributed by atoms with van der Waals surface area (Å²) in [6.45, 7) is 3.93. The zero-order valence-electron chi connectivity index (χ0n) is 14.0. The summed E-state index contributed by atoms with van der Waals surface area (Å²) >= 11 is 0. The van der Waals surface area contributed by atoms with Crippen LogP contribution in [-0.4, -0.2) is 85.8 Å². The molecule has 23 heavy (non-hydrogen) atoms. The first-order valence-corrected chi connectivity index (χ1v) is 8.55. The van der Waals surface area contributed by atoms with Crippen LogP contribution in [0.15, 0.2) is 0 Å². The van der Waals surface area contributed by atoms with E-state index in [0.29, 0.717) is 32.3 Å². The van der Waals surface area contributed by atoms with Gasteiger partial charge in [0, 0.05) is 39.3 Å². The van der Waals surface area contributed by atoms with Crippen LogP contribution in [0, 0.1) is 5.92 Å². The molecule has 0 saturated carbocycles. The van der Waals surface area contributed by atoms with E-state index < -0.39 is 6.61 Å². The first-order valence-electron chi connectivity index (χ1n) is 8.55. The molecule has 2 saturated heterocycles. The highest BCUT2D eigenvalue weighted by Crippen LogP contribution is 2.24. The van der Waals surface area contributed by atoms with Crippen LogP contribution in [0.25, 0.3) is 0 Å². The number of aliphatic hydroxyl groups is 1. The lowest BCUT2D eigenvalue weighted by Gasteiger charge is -2.42. The van der Waals surface area contributed by atoms with Gasteiger partial charge >= 0.3 is 0 Å². The topological polar surface area (TPSA) is 82.1 Å². The second-order valence-corrected chi connectivity index (χ2v) is 6.39. The quantitative estimate of drug-likeness (QED) is 0.640. The zero-order chi connectivity index (χ0) is 16.7. The van der Waals surface area contributed by atoms with Gasteiger partial charge in [-0.3, -0.25) is 14.5 Å². The van der Waals surface area contributed by atoms with Crippen molar-refractivity contribution in [2.24, 2.45) is 5.92 Å². The Kier molecular flexibility index (Phi) is 7.26. The monoisotopic (exact) mass is 327 g/mol. The number of nitrogens with zero attached hydrogens (tertiary/aromatic N) is 2. The van der Waals surface area contributed by atoms with Gasteiger partial charge in [-0.25, -0.2) is 0 Å². The highest BCUT2D eigenvalue weighted by molar-refractivity contribution is 5.79. The Morgan fingerprint density at radius 1 is 1.22 bits per heavy atom. The molecule has 0 spiro atoms. The number of carbonyl (C=O) groups excluding carboxylic acids is 2. The molecule has 2 aliphatic heterocycles. The fourth-order valence-corrected chi connectivity index (χ4v) is 3.55. The van der Waals surface area contributed by atoms with E-state index in [1.807, 2.05) is 0 Å². The van der Waals surface area contributed by atoms with Gasteiger partial charge in [0.2, 0.25) is 11.8 Å². The van der Waals surface area contributed by atoms with Gasteiger partial charge in [0.05, 0.1) is 12.5 Å². The van der Waals surface area contributed by atoms with Crippen LogP contribution in [0.1, 0.15) is 25.7 Å². The van der Waals surface area contributed by atoms with Crippen molar-refractivity contribution in [2.45, 2.75) is 31.7 Å². The number of ether oxygens (including phenoxy) is 1. The summed E-state index contributed by atoms with van der Waals surface area (Å²) in [5, 5.41) is 11.9. The summed E-state index contributed by atoms with van der Waals surface area (Å²) in [6.07, 6.45) is 3.82. The van der Waals surface area contributed by atoms with Crippen molar-refractivity contribution >= 4 is 11.8 Å². The van der Waals surface area contributed by atoms with E-state index in [9.17, 15) is 9.59 Å². The number of hydrogen-bond acceptors (Lipinski definition) is 5. The average molecular weight is 327 g/mol. The number of rotatable bonds is 6. The van der Waals surface area contributed by atoms with Gasteiger partial charge in [-0.05, 0) is 32.2 Å².